The van der Waals surface area contributed by atoms with Crippen molar-refractivity contribution < 1.29 is 14.3 Å². The number of thiophene rings is 1. The summed E-state index contributed by atoms with van der Waals surface area (Å²) < 4.78 is 6.37. The molecule has 28 heavy (non-hydrogen) atoms. The Morgan fingerprint density at radius 3 is 2.61 bits per heavy atom. The molecule has 1 aromatic heterocycles. The maximum atomic E-state index is 12.6. The molecule has 1 N–H and O–H groups in total. The molecule has 148 valence electrons. The lowest BCUT2D eigenvalue weighted by Gasteiger charge is -2.54. The molecule has 1 saturated heterocycles. The van der Waals surface area contributed by atoms with Gasteiger partial charge in [0.15, 0.2) is 0 Å². The van der Waals surface area contributed by atoms with Crippen molar-refractivity contribution in [2.24, 2.45) is 0 Å². The van der Waals surface area contributed by atoms with E-state index < -0.39 is 5.54 Å². The van der Waals surface area contributed by atoms with Crippen LogP contribution in [0.5, 0.6) is 0 Å². The molecule has 2 aromatic rings. The molecule has 1 aromatic carbocycles. The van der Waals surface area contributed by atoms with Gasteiger partial charge in [0.05, 0.1) is 18.6 Å². The fourth-order valence-corrected chi connectivity index (χ4v) is 4.85. The van der Waals surface area contributed by atoms with Crippen molar-refractivity contribution in [1.29, 1.82) is 0 Å². The molecule has 5 nitrogen and oxygen atoms in total. The molecule has 2 amide bonds. The lowest BCUT2D eigenvalue weighted by molar-refractivity contribution is -0.156. The normalized spacial score (nSPS) is 19.0. The molecule has 0 unspecified atom stereocenters. The van der Waals surface area contributed by atoms with Crippen molar-refractivity contribution in [3.63, 3.8) is 0 Å². The van der Waals surface area contributed by atoms with Gasteiger partial charge in [-0.05, 0) is 47.7 Å². The van der Waals surface area contributed by atoms with Gasteiger partial charge in [-0.2, -0.15) is 11.3 Å². The van der Waals surface area contributed by atoms with Crippen molar-refractivity contribution in [3.05, 3.63) is 57.8 Å². The highest BCUT2D eigenvalue weighted by Gasteiger charge is 2.66. The van der Waals surface area contributed by atoms with E-state index in [1.54, 1.807) is 11.3 Å². The second kappa shape index (κ2) is 7.33. The number of nitrogens with zero attached hydrogens (tertiary/aromatic N) is 1. The van der Waals surface area contributed by atoms with Gasteiger partial charge in [0.1, 0.15) is 5.54 Å². The summed E-state index contributed by atoms with van der Waals surface area (Å²) in [6.07, 6.45) is 2.23. The standard InChI is InChI=1S/C22H26N2O3S/c1-16-4-3-5-18(10-16)12-27-22(7-8-22)21(23-17(2)25)14-24(15-21)20(26)11-19-6-9-28-13-19/h3-6,9-10,13H,7-8,11-12,14-15H2,1-2H3,(H,23,25). The number of likely N-dealkylation sites (tertiary alicyclic amines) is 1. The Morgan fingerprint density at radius 1 is 1.21 bits per heavy atom. The third kappa shape index (κ3) is 3.71. The molecular weight excluding hydrogens is 372 g/mol. The zero-order valence-corrected chi connectivity index (χ0v) is 17.2. The summed E-state index contributed by atoms with van der Waals surface area (Å²) in [6, 6.07) is 10.3. The first kappa shape index (κ1) is 19.2. The number of aryl methyl sites for hydroxylation is 1. The van der Waals surface area contributed by atoms with Gasteiger partial charge in [-0.25, -0.2) is 0 Å². The molecule has 1 aliphatic carbocycles. The Bertz CT molecular complexity index is 868. The number of carbonyl (C=O) groups is 2. The number of rotatable bonds is 7. The fourth-order valence-electron chi connectivity index (χ4n) is 4.18. The van der Waals surface area contributed by atoms with Gasteiger partial charge >= 0.3 is 0 Å². The average molecular weight is 399 g/mol. The zero-order valence-electron chi connectivity index (χ0n) is 16.4. The number of nitrogens with one attached hydrogen (secondary N) is 1. The monoisotopic (exact) mass is 398 g/mol. The summed E-state index contributed by atoms with van der Waals surface area (Å²) in [6.45, 7) is 5.16. The van der Waals surface area contributed by atoms with Gasteiger partial charge < -0.3 is 15.0 Å². The van der Waals surface area contributed by atoms with E-state index in [-0.39, 0.29) is 17.4 Å². The number of carbonyl (C=O) groups excluding carboxylic acids is 2. The first-order chi connectivity index (χ1) is 13.4. The van der Waals surface area contributed by atoms with Gasteiger partial charge in [0.2, 0.25) is 11.8 Å². The van der Waals surface area contributed by atoms with Crippen LogP contribution < -0.4 is 5.32 Å². The first-order valence-electron chi connectivity index (χ1n) is 9.69. The lowest BCUT2D eigenvalue weighted by atomic mass is 9.80. The highest BCUT2D eigenvalue weighted by Crippen LogP contribution is 2.52. The minimum atomic E-state index is -0.479. The Labute approximate surface area is 169 Å². The van der Waals surface area contributed by atoms with Crippen molar-refractivity contribution in [3.8, 4) is 0 Å². The van der Waals surface area contributed by atoms with E-state index >= 15 is 0 Å². The SMILES string of the molecule is CC(=O)NC1(C2(OCc3cccc(C)c3)CC2)CN(C(=O)Cc2ccsc2)C1. The highest BCUT2D eigenvalue weighted by molar-refractivity contribution is 7.08. The predicted molar refractivity (Wildman–Crippen MR) is 109 cm³/mol. The third-order valence-corrected chi connectivity index (χ3v) is 6.53. The van der Waals surface area contributed by atoms with Crippen LogP contribution in [-0.2, 0) is 27.4 Å². The summed E-state index contributed by atoms with van der Waals surface area (Å²) >= 11 is 1.60. The topological polar surface area (TPSA) is 58.6 Å². The van der Waals surface area contributed by atoms with E-state index in [1.807, 2.05) is 27.8 Å². The molecule has 0 atom stereocenters. The summed E-state index contributed by atoms with van der Waals surface area (Å²) in [7, 11) is 0. The quantitative estimate of drug-likeness (QED) is 0.780. The number of hydrogen-bond donors (Lipinski definition) is 1. The van der Waals surface area contributed by atoms with Crippen molar-refractivity contribution in [2.75, 3.05) is 13.1 Å². The van der Waals surface area contributed by atoms with Crippen LogP contribution in [0.15, 0.2) is 41.1 Å². The van der Waals surface area contributed by atoms with Crippen molar-refractivity contribution in [2.45, 2.75) is 50.9 Å². The second-order valence-corrected chi connectivity index (χ2v) is 8.87. The van der Waals surface area contributed by atoms with Crippen molar-refractivity contribution in [1.82, 2.24) is 10.2 Å². The molecule has 0 spiro atoms. The molecule has 4 rings (SSSR count). The van der Waals surface area contributed by atoms with Crippen LogP contribution >= 0.6 is 11.3 Å². The largest absolute Gasteiger partial charge is 0.368 e. The van der Waals surface area contributed by atoms with Crippen molar-refractivity contribution >= 4 is 23.2 Å². The number of hydrogen-bond acceptors (Lipinski definition) is 4. The summed E-state index contributed by atoms with van der Waals surface area (Å²) in [5.41, 5.74) is 2.53. The van der Waals surface area contributed by atoms with E-state index in [1.165, 1.54) is 12.5 Å². The maximum Gasteiger partial charge on any atom is 0.227 e. The van der Waals surface area contributed by atoms with E-state index in [9.17, 15) is 9.59 Å². The van der Waals surface area contributed by atoms with Crippen LogP contribution in [0, 0.1) is 6.92 Å². The third-order valence-electron chi connectivity index (χ3n) is 5.80. The summed E-state index contributed by atoms with van der Waals surface area (Å²) in [4.78, 5) is 26.4. The predicted octanol–water partition coefficient (Wildman–Crippen LogP) is 3.07. The molecule has 0 radical (unpaired) electrons. The minimum absolute atomic E-state index is 0.0737. The Morgan fingerprint density at radius 2 is 2.00 bits per heavy atom. The van der Waals surface area contributed by atoms with Crippen LogP contribution in [-0.4, -0.2) is 40.9 Å². The number of amides is 2. The number of benzene rings is 1. The van der Waals surface area contributed by atoms with Crippen LogP contribution in [0.4, 0.5) is 0 Å². The molecule has 6 heteroatoms. The Hall–Kier alpha value is -2.18. The van der Waals surface area contributed by atoms with E-state index in [2.05, 4.69) is 30.4 Å². The van der Waals surface area contributed by atoms with Crippen LogP contribution in [0.2, 0.25) is 0 Å². The second-order valence-electron chi connectivity index (χ2n) is 8.09. The van der Waals surface area contributed by atoms with Gasteiger partial charge in [-0.1, -0.05) is 29.8 Å². The van der Waals surface area contributed by atoms with Crippen LogP contribution in [0.25, 0.3) is 0 Å². The Kier molecular flexibility index (Phi) is 5.02. The van der Waals surface area contributed by atoms with Crippen LogP contribution in [0.3, 0.4) is 0 Å². The first-order valence-corrected chi connectivity index (χ1v) is 10.6. The highest BCUT2D eigenvalue weighted by atomic mass is 32.1. The molecule has 1 aliphatic heterocycles. The van der Waals surface area contributed by atoms with Gasteiger partial charge in [-0.3, -0.25) is 9.59 Å². The molecule has 2 aliphatic rings. The number of ether oxygens (including phenoxy) is 1. The molecule has 0 bridgehead atoms. The lowest BCUT2D eigenvalue weighted by Crippen LogP contribution is -2.77. The summed E-state index contributed by atoms with van der Waals surface area (Å²) in [5.74, 6) is 0.0317. The van der Waals surface area contributed by atoms with E-state index in [0.29, 0.717) is 26.1 Å². The van der Waals surface area contributed by atoms with Gasteiger partial charge in [0, 0.05) is 20.0 Å². The van der Waals surface area contributed by atoms with Gasteiger partial charge in [0.25, 0.3) is 0 Å². The Balaban J connectivity index is 1.43. The average Bonchev–Trinajstić information content (AvgIpc) is 3.24. The van der Waals surface area contributed by atoms with Gasteiger partial charge in [-0.15, -0.1) is 0 Å². The smallest absolute Gasteiger partial charge is 0.227 e. The van der Waals surface area contributed by atoms with Crippen LogP contribution in [0.1, 0.15) is 36.5 Å². The zero-order chi connectivity index (χ0) is 19.8. The molecular formula is C22H26N2O3S. The molecule has 2 heterocycles. The summed E-state index contributed by atoms with van der Waals surface area (Å²) in [5, 5.41) is 7.12. The molecule has 2 fully saturated rings. The fraction of sp³-hybridized carbons (Fsp3) is 0.455. The van der Waals surface area contributed by atoms with E-state index in [0.717, 1.165) is 24.0 Å². The van der Waals surface area contributed by atoms with E-state index in [4.69, 9.17) is 4.74 Å². The molecule has 1 saturated carbocycles. The minimum Gasteiger partial charge on any atom is -0.368 e. The maximum absolute atomic E-state index is 12.6.